The summed E-state index contributed by atoms with van der Waals surface area (Å²) in [4.78, 5) is 15.7. The van der Waals surface area contributed by atoms with E-state index in [0.29, 0.717) is 6.42 Å². The minimum Gasteiger partial charge on any atom is -0.300 e. The molecule has 0 aromatic heterocycles. The van der Waals surface area contributed by atoms with Crippen LogP contribution in [0.25, 0.3) is 0 Å². The zero-order valence-electron chi connectivity index (χ0n) is 13.3. The van der Waals surface area contributed by atoms with Crippen molar-refractivity contribution in [2.45, 2.75) is 47.0 Å². The van der Waals surface area contributed by atoms with Gasteiger partial charge in [0.05, 0.1) is 0 Å². The number of carbonyl (C=O) groups is 1. The van der Waals surface area contributed by atoms with E-state index in [1.54, 1.807) is 6.92 Å². The van der Waals surface area contributed by atoms with E-state index in [2.05, 4.69) is 37.0 Å². The third-order valence-corrected chi connectivity index (χ3v) is 3.78. The molecule has 0 spiro atoms. The van der Waals surface area contributed by atoms with Crippen molar-refractivity contribution in [2.75, 3.05) is 7.05 Å². The third kappa shape index (κ3) is 4.44. The van der Waals surface area contributed by atoms with Gasteiger partial charge in [-0.2, -0.15) is 0 Å². The molecule has 2 nitrogen and oxygen atoms in total. The summed E-state index contributed by atoms with van der Waals surface area (Å²) in [6.07, 6.45) is 4.34. The van der Waals surface area contributed by atoms with Gasteiger partial charge in [0.1, 0.15) is 5.78 Å². The van der Waals surface area contributed by atoms with Crippen molar-refractivity contribution in [3.63, 3.8) is 0 Å². The number of allylic oxidation sites excluding steroid dienone is 2. The van der Waals surface area contributed by atoms with Gasteiger partial charge in [0.25, 0.3) is 0 Å². The maximum atomic E-state index is 11.3. The largest absolute Gasteiger partial charge is 0.300 e. The number of rotatable bonds is 6. The molecule has 1 rings (SSSR count). The molecule has 0 saturated carbocycles. The second-order valence-corrected chi connectivity index (χ2v) is 5.22. The predicted octanol–water partition coefficient (Wildman–Crippen LogP) is 4.23. The SMILES string of the molecule is C/C=C(/CC(C)=O)C(CCc1cccc(C)c1C)=NC. The summed E-state index contributed by atoms with van der Waals surface area (Å²) in [6, 6.07) is 6.42. The Hall–Kier alpha value is -1.70. The zero-order chi connectivity index (χ0) is 15.1. The van der Waals surface area contributed by atoms with Gasteiger partial charge in [-0.3, -0.25) is 9.79 Å². The number of hydrogen-bond donors (Lipinski definition) is 0. The minimum atomic E-state index is 0.186. The standard InChI is InChI=1S/C18H25NO/c1-6-16(12-14(3)20)18(19-5)11-10-17-9-7-8-13(2)15(17)4/h6-9H,10-12H2,1-5H3/b16-6-,19-18?. The summed E-state index contributed by atoms with van der Waals surface area (Å²) < 4.78 is 0. The normalized spacial score (nSPS) is 12.7. The molecule has 2 heteroatoms. The van der Waals surface area contributed by atoms with Crippen molar-refractivity contribution < 1.29 is 4.79 Å². The molecule has 0 bridgehead atoms. The fourth-order valence-corrected chi connectivity index (χ4v) is 2.39. The van der Waals surface area contributed by atoms with Crippen molar-refractivity contribution in [1.29, 1.82) is 0 Å². The van der Waals surface area contributed by atoms with Gasteiger partial charge in [-0.05, 0) is 62.8 Å². The second kappa shape index (κ2) is 7.78. The third-order valence-electron chi connectivity index (χ3n) is 3.78. The molecular weight excluding hydrogens is 246 g/mol. The van der Waals surface area contributed by atoms with Crippen LogP contribution < -0.4 is 0 Å². The lowest BCUT2D eigenvalue weighted by Crippen LogP contribution is -2.09. The summed E-state index contributed by atoms with van der Waals surface area (Å²) >= 11 is 0. The van der Waals surface area contributed by atoms with Crippen LogP contribution in [0.2, 0.25) is 0 Å². The maximum Gasteiger partial charge on any atom is 0.134 e. The summed E-state index contributed by atoms with van der Waals surface area (Å²) in [7, 11) is 1.81. The van der Waals surface area contributed by atoms with Crippen LogP contribution in [0, 0.1) is 13.8 Å². The van der Waals surface area contributed by atoms with Crippen LogP contribution in [0.5, 0.6) is 0 Å². The Morgan fingerprint density at radius 1 is 1.30 bits per heavy atom. The van der Waals surface area contributed by atoms with Gasteiger partial charge in [0, 0.05) is 19.2 Å². The Bertz CT molecular complexity index is 538. The van der Waals surface area contributed by atoms with Gasteiger partial charge in [0.15, 0.2) is 0 Å². The van der Waals surface area contributed by atoms with Crippen molar-refractivity contribution in [3.8, 4) is 0 Å². The number of Topliss-reactive ketones (excluding diaryl/α,β-unsaturated/α-hetero) is 1. The summed E-state index contributed by atoms with van der Waals surface area (Å²) in [5.41, 5.74) is 6.15. The molecule has 1 aromatic carbocycles. The molecule has 0 saturated heterocycles. The molecule has 20 heavy (non-hydrogen) atoms. The first kappa shape index (κ1) is 16.4. The molecule has 0 N–H and O–H groups in total. The van der Waals surface area contributed by atoms with Crippen LogP contribution >= 0.6 is 0 Å². The topological polar surface area (TPSA) is 29.4 Å². The molecule has 108 valence electrons. The van der Waals surface area contributed by atoms with Gasteiger partial charge >= 0.3 is 0 Å². The number of nitrogens with zero attached hydrogens (tertiary/aromatic N) is 1. The highest BCUT2D eigenvalue weighted by molar-refractivity contribution is 6.03. The Balaban J connectivity index is 2.80. The monoisotopic (exact) mass is 271 g/mol. The van der Waals surface area contributed by atoms with Crippen LogP contribution in [0.4, 0.5) is 0 Å². The lowest BCUT2D eigenvalue weighted by atomic mass is 9.95. The summed E-state index contributed by atoms with van der Waals surface area (Å²) in [5.74, 6) is 0.186. The van der Waals surface area contributed by atoms with Crippen molar-refractivity contribution in [3.05, 3.63) is 46.5 Å². The van der Waals surface area contributed by atoms with Crippen LogP contribution in [0.3, 0.4) is 0 Å². The van der Waals surface area contributed by atoms with Gasteiger partial charge < -0.3 is 0 Å². The molecular formula is C18H25NO. The molecule has 0 aliphatic carbocycles. The number of aryl methyl sites for hydroxylation is 2. The van der Waals surface area contributed by atoms with E-state index in [-0.39, 0.29) is 5.78 Å². The molecule has 0 fully saturated rings. The second-order valence-electron chi connectivity index (χ2n) is 5.22. The van der Waals surface area contributed by atoms with E-state index in [1.807, 2.05) is 20.0 Å². The molecule has 0 unspecified atom stereocenters. The first-order valence-electron chi connectivity index (χ1n) is 7.15. The van der Waals surface area contributed by atoms with Crippen LogP contribution in [0.1, 0.15) is 43.4 Å². The van der Waals surface area contributed by atoms with Crippen LogP contribution in [-0.4, -0.2) is 18.5 Å². The van der Waals surface area contributed by atoms with Crippen LogP contribution in [-0.2, 0) is 11.2 Å². The summed E-state index contributed by atoms with van der Waals surface area (Å²) in [5, 5.41) is 0. The number of hydrogen-bond acceptors (Lipinski definition) is 2. The zero-order valence-corrected chi connectivity index (χ0v) is 13.3. The maximum absolute atomic E-state index is 11.3. The molecule has 1 aromatic rings. The average molecular weight is 271 g/mol. The molecule has 0 radical (unpaired) electrons. The first-order valence-corrected chi connectivity index (χ1v) is 7.15. The van der Waals surface area contributed by atoms with E-state index in [9.17, 15) is 4.79 Å². The Morgan fingerprint density at radius 3 is 2.55 bits per heavy atom. The summed E-state index contributed by atoms with van der Waals surface area (Å²) in [6.45, 7) is 7.91. The molecule has 0 atom stereocenters. The average Bonchev–Trinajstić information content (AvgIpc) is 2.42. The van der Waals surface area contributed by atoms with Gasteiger partial charge in [-0.15, -0.1) is 0 Å². The molecule has 0 amide bonds. The van der Waals surface area contributed by atoms with Crippen molar-refractivity contribution in [2.24, 2.45) is 4.99 Å². The number of aliphatic imine (C=N–C) groups is 1. The Labute approximate surface area is 122 Å². The molecule has 0 aliphatic rings. The van der Waals surface area contributed by atoms with Gasteiger partial charge in [-0.1, -0.05) is 24.3 Å². The lowest BCUT2D eigenvalue weighted by Gasteiger charge is -2.12. The van der Waals surface area contributed by atoms with E-state index >= 15 is 0 Å². The molecule has 0 heterocycles. The number of benzene rings is 1. The fourth-order valence-electron chi connectivity index (χ4n) is 2.39. The highest BCUT2D eigenvalue weighted by atomic mass is 16.1. The highest BCUT2D eigenvalue weighted by Gasteiger charge is 2.09. The molecule has 0 aliphatic heterocycles. The van der Waals surface area contributed by atoms with E-state index in [1.165, 1.54) is 16.7 Å². The van der Waals surface area contributed by atoms with E-state index in [4.69, 9.17) is 0 Å². The quantitative estimate of drug-likeness (QED) is 0.712. The van der Waals surface area contributed by atoms with Crippen molar-refractivity contribution >= 4 is 11.5 Å². The Kier molecular flexibility index (Phi) is 6.37. The van der Waals surface area contributed by atoms with E-state index < -0.39 is 0 Å². The van der Waals surface area contributed by atoms with E-state index in [0.717, 1.165) is 24.1 Å². The Morgan fingerprint density at radius 2 is 2.00 bits per heavy atom. The number of ketones is 1. The van der Waals surface area contributed by atoms with Gasteiger partial charge in [-0.25, -0.2) is 0 Å². The smallest absolute Gasteiger partial charge is 0.134 e. The fraction of sp³-hybridized carbons (Fsp3) is 0.444. The minimum absolute atomic E-state index is 0.186. The highest BCUT2D eigenvalue weighted by Crippen LogP contribution is 2.17. The lowest BCUT2D eigenvalue weighted by molar-refractivity contribution is -0.116. The van der Waals surface area contributed by atoms with Crippen LogP contribution in [0.15, 0.2) is 34.8 Å². The number of carbonyl (C=O) groups excluding carboxylic acids is 1. The van der Waals surface area contributed by atoms with Crippen molar-refractivity contribution in [1.82, 2.24) is 0 Å². The predicted molar refractivity (Wildman–Crippen MR) is 86.7 cm³/mol. The first-order chi connectivity index (χ1) is 9.49. The van der Waals surface area contributed by atoms with Gasteiger partial charge in [0.2, 0.25) is 0 Å².